The second kappa shape index (κ2) is 6.16. The van der Waals surface area contributed by atoms with E-state index in [9.17, 15) is 18.0 Å². The van der Waals surface area contributed by atoms with Crippen LogP contribution in [0.1, 0.15) is 27.7 Å². The van der Waals surface area contributed by atoms with Gasteiger partial charge < -0.3 is 29.0 Å². The van der Waals surface area contributed by atoms with E-state index in [-0.39, 0.29) is 0 Å². The molecule has 3 saturated heterocycles. The summed E-state index contributed by atoms with van der Waals surface area (Å²) in [4.78, 5) is 11.4. The first-order chi connectivity index (χ1) is 11.8. The van der Waals surface area contributed by atoms with Crippen molar-refractivity contribution < 1.29 is 41.7 Å². The Balaban J connectivity index is 1.86. The van der Waals surface area contributed by atoms with Gasteiger partial charge in [0.05, 0.1) is 6.04 Å². The zero-order valence-electron chi connectivity index (χ0n) is 14.8. The average Bonchev–Trinajstić information content (AvgIpc) is 2.96. The number of hydrogen-bond donors (Lipinski definition) is 1. The van der Waals surface area contributed by atoms with Crippen LogP contribution in [-0.4, -0.2) is 60.4 Å². The fraction of sp³-hybridized carbons (Fsp3) is 0.812. The second-order valence-electron chi connectivity index (χ2n) is 7.37. The molecule has 3 aliphatic heterocycles. The number of halogens is 3. The Labute approximate surface area is 148 Å². The number of carbonyl (C=O) groups excluding carboxylic acids is 1. The lowest BCUT2D eigenvalue weighted by Gasteiger charge is -2.40. The van der Waals surface area contributed by atoms with Gasteiger partial charge in [-0.15, -0.1) is 6.58 Å². The molecule has 3 fully saturated rings. The highest BCUT2D eigenvalue weighted by atomic mass is 19.4. The molecule has 3 aliphatic rings. The van der Waals surface area contributed by atoms with E-state index in [0.717, 1.165) is 0 Å². The summed E-state index contributed by atoms with van der Waals surface area (Å²) >= 11 is 0. The molecule has 26 heavy (non-hydrogen) atoms. The van der Waals surface area contributed by atoms with Gasteiger partial charge >= 0.3 is 12.1 Å². The van der Waals surface area contributed by atoms with Crippen LogP contribution >= 0.6 is 0 Å². The van der Waals surface area contributed by atoms with Gasteiger partial charge in [0.1, 0.15) is 24.4 Å². The van der Waals surface area contributed by atoms with Crippen LogP contribution in [0, 0.1) is 0 Å². The van der Waals surface area contributed by atoms with E-state index in [4.69, 9.17) is 23.7 Å². The Morgan fingerprint density at radius 3 is 2.15 bits per heavy atom. The van der Waals surface area contributed by atoms with Gasteiger partial charge in [0.2, 0.25) is 0 Å². The van der Waals surface area contributed by atoms with Crippen LogP contribution in [0.4, 0.5) is 13.2 Å². The van der Waals surface area contributed by atoms with Gasteiger partial charge in [0.25, 0.3) is 0 Å². The lowest BCUT2D eigenvalue weighted by atomic mass is 9.94. The monoisotopic (exact) mass is 381 g/mol. The molecule has 6 atom stereocenters. The van der Waals surface area contributed by atoms with E-state index in [0.29, 0.717) is 0 Å². The number of hydrogen-bond acceptors (Lipinski definition) is 6. The molecule has 3 rings (SSSR count). The van der Waals surface area contributed by atoms with Crippen LogP contribution in [0.2, 0.25) is 0 Å². The summed E-state index contributed by atoms with van der Waals surface area (Å²) in [5.41, 5.74) is 0. The van der Waals surface area contributed by atoms with E-state index in [1.165, 1.54) is 6.08 Å². The molecule has 3 heterocycles. The minimum absolute atomic E-state index is 0.614. The molecular formula is C16H22F3NO6. The highest BCUT2D eigenvalue weighted by Crippen LogP contribution is 2.44. The summed E-state index contributed by atoms with van der Waals surface area (Å²) in [6.07, 6.45) is -7.76. The Morgan fingerprint density at radius 2 is 1.58 bits per heavy atom. The Kier molecular flexibility index (Phi) is 4.64. The Bertz CT molecular complexity index is 593. The number of carbonyl (C=O) groups is 1. The third-order valence-electron chi connectivity index (χ3n) is 4.35. The average molecular weight is 381 g/mol. The maximum atomic E-state index is 12.6. The van der Waals surface area contributed by atoms with Gasteiger partial charge in [0, 0.05) is 0 Å². The van der Waals surface area contributed by atoms with Crippen LogP contribution < -0.4 is 5.32 Å². The molecule has 0 aromatic heterocycles. The predicted molar refractivity (Wildman–Crippen MR) is 80.7 cm³/mol. The summed E-state index contributed by atoms with van der Waals surface area (Å²) in [6, 6.07) is -1.16. The van der Waals surface area contributed by atoms with Crippen molar-refractivity contribution in [2.75, 3.05) is 0 Å². The Hall–Kier alpha value is -1.20. The molecule has 0 bridgehead atoms. The number of fused-ring (bicyclic) bond motifs is 3. The summed E-state index contributed by atoms with van der Waals surface area (Å²) in [5, 5.41) is 1.88. The van der Waals surface area contributed by atoms with Crippen molar-refractivity contribution in [2.24, 2.45) is 0 Å². The number of alkyl halides is 3. The first-order valence-corrected chi connectivity index (χ1v) is 8.20. The van der Waals surface area contributed by atoms with Crippen molar-refractivity contribution in [1.82, 2.24) is 5.32 Å². The minimum atomic E-state index is -5.03. The van der Waals surface area contributed by atoms with Gasteiger partial charge in [-0.3, -0.25) is 4.79 Å². The van der Waals surface area contributed by atoms with Gasteiger partial charge in [-0.05, 0) is 27.7 Å². The zero-order valence-corrected chi connectivity index (χ0v) is 14.8. The Morgan fingerprint density at radius 1 is 1.04 bits per heavy atom. The van der Waals surface area contributed by atoms with Crippen LogP contribution in [0.15, 0.2) is 12.7 Å². The predicted octanol–water partition coefficient (Wildman–Crippen LogP) is 1.62. The number of amides is 1. The minimum Gasteiger partial charge on any atom is -0.342 e. The zero-order chi connectivity index (χ0) is 19.5. The van der Waals surface area contributed by atoms with Crippen molar-refractivity contribution >= 4 is 5.91 Å². The summed E-state index contributed by atoms with van der Waals surface area (Å²) in [6.45, 7) is 10.2. The van der Waals surface area contributed by atoms with Crippen LogP contribution in [0.5, 0.6) is 0 Å². The summed E-state index contributed by atoms with van der Waals surface area (Å²) in [7, 11) is 0. The second-order valence-corrected chi connectivity index (χ2v) is 7.37. The molecule has 10 heteroatoms. The standard InChI is InChI=1S/C16H22F3NO6/c1-6-7(20-13(21)16(17,18)19)8-9-10(24-14(2,3)23-9)11-12(22-8)26-15(4,5)25-11/h6-12H,1H2,2-5H3,(H,20,21)/t7?,8-,9+,10+,11-,12-/m1/s1. The first kappa shape index (κ1) is 19.6. The smallest absolute Gasteiger partial charge is 0.342 e. The van der Waals surface area contributed by atoms with Gasteiger partial charge in [-0.25, -0.2) is 0 Å². The topological polar surface area (TPSA) is 75.3 Å². The van der Waals surface area contributed by atoms with Crippen molar-refractivity contribution in [2.45, 2.75) is 82.2 Å². The maximum Gasteiger partial charge on any atom is 0.471 e. The SMILES string of the molecule is C=CC(NC(=O)C(F)(F)F)[C@H]1O[C@@H]2OC(C)(C)O[C@@H]2[C@H]2OC(C)(C)O[C@H]21. The molecular weight excluding hydrogens is 359 g/mol. The van der Waals surface area contributed by atoms with Crippen LogP contribution in [0.25, 0.3) is 0 Å². The van der Waals surface area contributed by atoms with Crippen molar-refractivity contribution in [3.8, 4) is 0 Å². The largest absolute Gasteiger partial charge is 0.471 e. The highest BCUT2D eigenvalue weighted by Gasteiger charge is 2.62. The maximum absolute atomic E-state index is 12.6. The molecule has 7 nitrogen and oxygen atoms in total. The fourth-order valence-corrected chi connectivity index (χ4v) is 3.44. The van der Waals surface area contributed by atoms with E-state index in [1.54, 1.807) is 27.7 Å². The summed E-state index contributed by atoms with van der Waals surface area (Å²) < 4.78 is 66.9. The first-order valence-electron chi connectivity index (χ1n) is 8.20. The fourth-order valence-electron chi connectivity index (χ4n) is 3.44. The third kappa shape index (κ3) is 3.61. The molecule has 0 aromatic carbocycles. The van der Waals surface area contributed by atoms with Crippen molar-refractivity contribution in [3.63, 3.8) is 0 Å². The van der Waals surface area contributed by atoms with Gasteiger partial charge in [-0.1, -0.05) is 6.08 Å². The normalized spacial score (nSPS) is 39.0. The molecule has 1 unspecified atom stereocenters. The number of nitrogens with one attached hydrogen (secondary N) is 1. The lowest BCUT2D eigenvalue weighted by Crippen LogP contribution is -2.61. The van der Waals surface area contributed by atoms with Crippen molar-refractivity contribution in [3.05, 3.63) is 12.7 Å². The number of ether oxygens (including phenoxy) is 5. The molecule has 0 aliphatic carbocycles. The van der Waals surface area contributed by atoms with E-state index >= 15 is 0 Å². The molecule has 1 amide bonds. The third-order valence-corrected chi connectivity index (χ3v) is 4.35. The van der Waals surface area contributed by atoms with E-state index in [2.05, 4.69) is 6.58 Å². The van der Waals surface area contributed by atoms with Crippen LogP contribution in [-0.2, 0) is 28.5 Å². The summed E-state index contributed by atoms with van der Waals surface area (Å²) in [5.74, 6) is -4.04. The van der Waals surface area contributed by atoms with E-state index < -0.39 is 60.4 Å². The lowest BCUT2D eigenvalue weighted by molar-refractivity contribution is -0.238. The molecule has 0 aromatic rings. The van der Waals surface area contributed by atoms with Gasteiger partial charge in [0.15, 0.2) is 17.9 Å². The molecule has 1 N–H and O–H groups in total. The van der Waals surface area contributed by atoms with Gasteiger partial charge in [-0.2, -0.15) is 13.2 Å². The van der Waals surface area contributed by atoms with Crippen molar-refractivity contribution in [1.29, 1.82) is 0 Å². The number of rotatable bonds is 3. The molecule has 0 radical (unpaired) electrons. The van der Waals surface area contributed by atoms with E-state index in [1.807, 2.05) is 5.32 Å². The molecule has 0 spiro atoms. The molecule has 0 saturated carbocycles. The molecule has 148 valence electrons. The van der Waals surface area contributed by atoms with Crippen LogP contribution in [0.3, 0.4) is 0 Å². The quantitative estimate of drug-likeness (QED) is 0.749. The highest BCUT2D eigenvalue weighted by molar-refractivity contribution is 5.82.